The molecule has 1 heterocycles. The second kappa shape index (κ2) is 12.6. The van der Waals surface area contributed by atoms with Gasteiger partial charge in [-0.1, -0.05) is 57.2 Å². The monoisotopic (exact) mass is 604 g/mol. The highest BCUT2D eigenvalue weighted by Crippen LogP contribution is 2.59. The summed E-state index contributed by atoms with van der Waals surface area (Å²) < 4.78 is 17.0. The van der Waals surface area contributed by atoms with Crippen LogP contribution in [0, 0.1) is 34.0 Å². The lowest BCUT2D eigenvalue weighted by Crippen LogP contribution is -2.74. The Morgan fingerprint density at radius 1 is 1.09 bits per heavy atom. The summed E-state index contributed by atoms with van der Waals surface area (Å²) in [6, 6.07) is 13.0. The van der Waals surface area contributed by atoms with Crippen LogP contribution in [0.3, 0.4) is 0 Å². The number of hydrogen-bond acceptors (Lipinski definition) is 6. The number of ether oxygens (including phenoxy) is 3. The molecule has 0 saturated heterocycles. The molecule has 2 aromatic carbocycles. The first-order valence-electron chi connectivity index (χ1n) is 14.7. The Hall–Kier alpha value is -3.52. The van der Waals surface area contributed by atoms with Crippen LogP contribution in [0.4, 0.5) is 0 Å². The van der Waals surface area contributed by atoms with Crippen LogP contribution < -0.4 is 4.74 Å². The van der Waals surface area contributed by atoms with E-state index in [1.165, 1.54) is 0 Å². The molecular weight excluding hydrogens is 564 g/mol. The van der Waals surface area contributed by atoms with Gasteiger partial charge >= 0.3 is 5.97 Å². The Morgan fingerprint density at radius 2 is 1.81 bits per heavy atom. The summed E-state index contributed by atoms with van der Waals surface area (Å²) in [4.78, 5) is 27.4. The van der Waals surface area contributed by atoms with E-state index in [1.54, 1.807) is 18.2 Å². The van der Waals surface area contributed by atoms with Crippen molar-refractivity contribution in [2.75, 3.05) is 13.2 Å². The Labute approximate surface area is 260 Å². The molecule has 8 heteroatoms. The smallest absolute Gasteiger partial charge is 0.332 e. The standard InChI is InChI=1S/C35H41ClN2O5/c1-33(2,3)43-29(39)22-41-17-11-9-8-10-12-23-13-14-25-21-38(30(40)27(25)18-23)31-34(4,5)32(35(31,6)7)42-26-16-15-24(20-37)28(36)19-26/h13-16,18-19,31-32H,8-9,11,17,21-22H2,1-7H3. The summed E-state index contributed by atoms with van der Waals surface area (Å²) in [5.74, 6) is 6.66. The number of nitriles is 1. The van der Waals surface area contributed by atoms with E-state index in [1.807, 2.05) is 43.9 Å². The number of rotatable bonds is 9. The molecule has 0 radical (unpaired) electrons. The summed E-state index contributed by atoms with van der Waals surface area (Å²) in [7, 11) is 0. The summed E-state index contributed by atoms with van der Waals surface area (Å²) in [6.07, 6.45) is 2.19. The minimum atomic E-state index is -0.511. The molecule has 2 aliphatic rings. The number of halogens is 1. The number of amides is 1. The molecule has 1 aliphatic heterocycles. The van der Waals surface area contributed by atoms with Crippen LogP contribution in [0.15, 0.2) is 36.4 Å². The number of fused-ring (bicyclic) bond motifs is 1. The van der Waals surface area contributed by atoms with E-state index < -0.39 is 5.60 Å². The van der Waals surface area contributed by atoms with E-state index >= 15 is 0 Å². The number of unbranched alkanes of at least 4 members (excludes halogenated alkanes) is 2. The van der Waals surface area contributed by atoms with Crippen LogP contribution in [0.1, 0.15) is 94.8 Å². The predicted octanol–water partition coefficient (Wildman–Crippen LogP) is 6.93. The Kier molecular flexibility index (Phi) is 9.50. The maximum Gasteiger partial charge on any atom is 0.332 e. The third-order valence-corrected chi connectivity index (χ3v) is 8.36. The molecule has 228 valence electrons. The molecule has 0 bridgehead atoms. The summed E-state index contributed by atoms with van der Waals surface area (Å²) in [5.41, 5.74) is 1.79. The number of esters is 1. The third-order valence-electron chi connectivity index (χ3n) is 8.04. The van der Waals surface area contributed by atoms with Gasteiger partial charge in [0.1, 0.15) is 30.1 Å². The van der Waals surface area contributed by atoms with Gasteiger partial charge in [-0.15, -0.1) is 0 Å². The number of nitrogens with zero attached hydrogens (tertiary/aromatic N) is 2. The third kappa shape index (κ3) is 7.18. The highest BCUT2D eigenvalue weighted by Gasteiger charge is 2.67. The van der Waals surface area contributed by atoms with Crippen molar-refractivity contribution >= 4 is 23.5 Å². The molecule has 0 aromatic heterocycles. The number of carbonyl (C=O) groups excluding carboxylic acids is 2. The fourth-order valence-corrected chi connectivity index (χ4v) is 6.94. The van der Waals surface area contributed by atoms with E-state index in [0.717, 1.165) is 24.0 Å². The lowest BCUT2D eigenvalue weighted by atomic mass is 9.49. The average Bonchev–Trinajstić information content (AvgIpc) is 3.22. The van der Waals surface area contributed by atoms with Crippen molar-refractivity contribution in [2.24, 2.45) is 10.8 Å². The molecular formula is C35H41ClN2O5. The van der Waals surface area contributed by atoms with Crippen LogP contribution in [-0.4, -0.2) is 47.7 Å². The highest BCUT2D eigenvalue weighted by molar-refractivity contribution is 6.31. The minimum Gasteiger partial charge on any atom is -0.489 e. The van der Waals surface area contributed by atoms with E-state index in [9.17, 15) is 14.9 Å². The van der Waals surface area contributed by atoms with Crippen molar-refractivity contribution < 1.29 is 23.8 Å². The molecule has 0 spiro atoms. The van der Waals surface area contributed by atoms with Gasteiger partial charge in [-0.2, -0.15) is 5.26 Å². The average molecular weight is 605 g/mol. The van der Waals surface area contributed by atoms with Gasteiger partial charge < -0.3 is 19.1 Å². The number of carbonyl (C=O) groups is 2. The second-order valence-electron chi connectivity index (χ2n) is 13.5. The molecule has 1 saturated carbocycles. The summed E-state index contributed by atoms with van der Waals surface area (Å²) in [6.45, 7) is 15.0. The topological polar surface area (TPSA) is 88.9 Å². The zero-order valence-corrected chi connectivity index (χ0v) is 26.9. The van der Waals surface area contributed by atoms with Crippen molar-refractivity contribution in [1.29, 1.82) is 5.26 Å². The van der Waals surface area contributed by atoms with Crippen LogP contribution in [0.25, 0.3) is 0 Å². The van der Waals surface area contributed by atoms with Crippen LogP contribution >= 0.6 is 11.6 Å². The Balaban J connectivity index is 1.31. The zero-order chi connectivity index (χ0) is 31.6. The molecule has 0 unspecified atom stereocenters. The fraction of sp³-hybridized carbons (Fsp3) is 0.514. The van der Waals surface area contributed by atoms with Gasteiger partial charge in [0, 0.05) is 53.6 Å². The molecule has 4 rings (SSSR count). The first-order valence-corrected chi connectivity index (χ1v) is 15.1. The zero-order valence-electron chi connectivity index (χ0n) is 26.2. The second-order valence-corrected chi connectivity index (χ2v) is 13.9. The maximum atomic E-state index is 13.7. The van der Waals surface area contributed by atoms with Crippen LogP contribution in [0.5, 0.6) is 5.75 Å². The van der Waals surface area contributed by atoms with Gasteiger partial charge in [0.25, 0.3) is 5.91 Å². The van der Waals surface area contributed by atoms with Crippen LogP contribution in [-0.2, 0) is 20.8 Å². The summed E-state index contributed by atoms with van der Waals surface area (Å²) >= 11 is 6.24. The van der Waals surface area contributed by atoms with Crippen LogP contribution in [0.2, 0.25) is 5.02 Å². The minimum absolute atomic E-state index is 0.0202. The van der Waals surface area contributed by atoms with Crippen molar-refractivity contribution in [3.8, 4) is 23.7 Å². The molecule has 0 atom stereocenters. The molecule has 1 fully saturated rings. The molecule has 1 aliphatic carbocycles. The Bertz CT molecular complexity index is 1470. The molecule has 7 nitrogen and oxygen atoms in total. The first kappa shape index (κ1) is 32.4. The predicted molar refractivity (Wildman–Crippen MR) is 166 cm³/mol. The lowest BCUT2D eigenvalue weighted by molar-refractivity contribution is -0.199. The van der Waals surface area contributed by atoms with Gasteiger partial charge in [-0.05, 0) is 63.4 Å². The first-order chi connectivity index (χ1) is 20.1. The van der Waals surface area contributed by atoms with Gasteiger partial charge in [0.15, 0.2) is 0 Å². The van der Waals surface area contributed by atoms with Crippen molar-refractivity contribution in [3.63, 3.8) is 0 Å². The fourth-order valence-electron chi connectivity index (χ4n) is 6.73. The van der Waals surface area contributed by atoms with Crippen molar-refractivity contribution in [2.45, 2.75) is 92.0 Å². The van der Waals surface area contributed by atoms with E-state index in [4.69, 9.17) is 25.8 Å². The van der Waals surface area contributed by atoms with Crippen molar-refractivity contribution in [3.05, 3.63) is 63.7 Å². The van der Waals surface area contributed by atoms with Gasteiger partial charge in [-0.3, -0.25) is 4.79 Å². The molecule has 1 amide bonds. The van der Waals surface area contributed by atoms with Gasteiger partial charge in [0.2, 0.25) is 0 Å². The maximum absolute atomic E-state index is 13.7. The van der Waals surface area contributed by atoms with E-state index in [0.29, 0.717) is 41.5 Å². The molecule has 2 aromatic rings. The quantitative estimate of drug-likeness (QED) is 0.175. The number of benzene rings is 2. The van der Waals surface area contributed by atoms with Crippen molar-refractivity contribution in [1.82, 2.24) is 4.90 Å². The lowest BCUT2D eigenvalue weighted by Gasteiger charge is -2.65. The molecule has 0 N–H and O–H groups in total. The van der Waals surface area contributed by atoms with E-state index in [2.05, 4.69) is 45.6 Å². The number of hydrogen-bond donors (Lipinski definition) is 0. The largest absolute Gasteiger partial charge is 0.489 e. The molecule has 43 heavy (non-hydrogen) atoms. The Morgan fingerprint density at radius 3 is 2.47 bits per heavy atom. The van der Waals surface area contributed by atoms with Gasteiger partial charge in [-0.25, -0.2) is 4.79 Å². The van der Waals surface area contributed by atoms with Gasteiger partial charge in [0.05, 0.1) is 10.6 Å². The highest BCUT2D eigenvalue weighted by atomic mass is 35.5. The SMILES string of the molecule is CC(C)(C)OC(=O)COCCCCC#Cc1ccc2c(c1)C(=O)N(C1C(C)(C)C(Oc3ccc(C#N)c(Cl)c3)C1(C)C)C2. The summed E-state index contributed by atoms with van der Waals surface area (Å²) in [5, 5.41) is 9.54. The normalized spacial score (nSPS) is 19.9. The van der Waals surface area contributed by atoms with E-state index in [-0.39, 0.29) is 41.5 Å².